The van der Waals surface area contributed by atoms with Gasteiger partial charge < -0.3 is 15.0 Å². The highest BCUT2D eigenvalue weighted by Gasteiger charge is 2.18. The summed E-state index contributed by atoms with van der Waals surface area (Å²) in [6.07, 6.45) is 0. The molecule has 0 amide bonds. The minimum Gasteiger partial charge on any atom is -0.465 e. The molecule has 4 heteroatoms. The van der Waals surface area contributed by atoms with E-state index in [1.807, 2.05) is 31.3 Å². The van der Waals surface area contributed by atoms with Crippen molar-refractivity contribution in [1.29, 1.82) is 0 Å². The molecule has 3 rings (SSSR count). The van der Waals surface area contributed by atoms with E-state index in [4.69, 9.17) is 4.74 Å². The summed E-state index contributed by atoms with van der Waals surface area (Å²) in [5.74, 6) is -0.320. The highest BCUT2D eigenvalue weighted by Crippen LogP contribution is 2.36. The lowest BCUT2D eigenvalue weighted by atomic mass is 10.1. The number of para-hydroxylation sites is 1. The molecule has 1 heterocycles. The molecule has 2 aromatic carbocycles. The Morgan fingerprint density at radius 2 is 2.00 bits per heavy atom. The molecule has 0 atom stereocenters. The number of nitrogens with zero attached hydrogens (tertiary/aromatic N) is 1. The average Bonchev–Trinajstić information content (AvgIpc) is 2.64. The second kappa shape index (κ2) is 4.89. The molecule has 0 saturated carbocycles. The maximum absolute atomic E-state index is 11.6. The number of hydrogen-bond donors (Lipinski definition) is 1. The van der Waals surface area contributed by atoms with Crippen molar-refractivity contribution < 1.29 is 9.53 Å². The highest BCUT2D eigenvalue weighted by atomic mass is 16.5. The lowest BCUT2D eigenvalue weighted by Gasteiger charge is -2.21. The first-order valence-electron chi connectivity index (χ1n) is 6.48. The molecule has 0 radical (unpaired) electrons. The number of rotatable bonds is 1. The van der Waals surface area contributed by atoms with Gasteiger partial charge in [0.25, 0.3) is 0 Å². The molecule has 2 aromatic rings. The summed E-state index contributed by atoms with van der Waals surface area (Å²) >= 11 is 0. The first-order valence-corrected chi connectivity index (χ1v) is 6.48. The molecule has 20 heavy (non-hydrogen) atoms. The van der Waals surface area contributed by atoms with Crippen LogP contribution in [0.3, 0.4) is 0 Å². The summed E-state index contributed by atoms with van der Waals surface area (Å²) in [6, 6.07) is 13.8. The van der Waals surface area contributed by atoms with Crippen molar-refractivity contribution >= 4 is 23.0 Å². The predicted molar refractivity (Wildman–Crippen MR) is 79.6 cm³/mol. The monoisotopic (exact) mass is 268 g/mol. The van der Waals surface area contributed by atoms with E-state index >= 15 is 0 Å². The second-order valence-corrected chi connectivity index (χ2v) is 4.76. The van der Waals surface area contributed by atoms with Crippen molar-refractivity contribution in [3.8, 4) is 0 Å². The Bertz CT molecular complexity index is 667. The Balaban J connectivity index is 2.07. The van der Waals surface area contributed by atoms with Gasteiger partial charge in [-0.1, -0.05) is 18.2 Å². The van der Waals surface area contributed by atoms with Gasteiger partial charge >= 0.3 is 5.97 Å². The molecule has 0 fully saturated rings. The van der Waals surface area contributed by atoms with E-state index in [9.17, 15) is 4.79 Å². The van der Waals surface area contributed by atoms with E-state index in [0.29, 0.717) is 5.56 Å². The summed E-state index contributed by atoms with van der Waals surface area (Å²) in [4.78, 5) is 13.8. The largest absolute Gasteiger partial charge is 0.465 e. The minimum absolute atomic E-state index is 0.320. The van der Waals surface area contributed by atoms with Crippen LogP contribution in [0.4, 0.5) is 17.1 Å². The van der Waals surface area contributed by atoms with Gasteiger partial charge in [-0.25, -0.2) is 4.79 Å². The molecule has 1 aliphatic rings. The molecule has 1 aliphatic heterocycles. The van der Waals surface area contributed by atoms with Gasteiger partial charge in [-0.15, -0.1) is 0 Å². The van der Waals surface area contributed by atoms with Crippen LogP contribution in [0.2, 0.25) is 0 Å². The lowest BCUT2D eigenvalue weighted by molar-refractivity contribution is 0.0601. The molecule has 4 nitrogen and oxygen atoms in total. The van der Waals surface area contributed by atoms with E-state index in [-0.39, 0.29) is 5.97 Å². The molecule has 0 unspecified atom stereocenters. The van der Waals surface area contributed by atoms with Crippen LogP contribution in [0, 0.1) is 0 Å². The van der Waals surface area contributed by atoms with Gasteiger partial charge in [-0.05, 0) is 29.8 Å². The molecule has 0 saturated heterocycles. The number of ether oxygens (including phenoxy) is 1. The van der Waals surface area contributed by atoms with Crippen molar-refractivity contribution in [3.63, 3.8) is 0 Å². The number of benzene rings is 2. The van der Waals surface area contributed by atoms with Crippen LogP contribution in [-0.4, -0.2) is 20.1 Å². The summed E-state index contributed by atoms with van der Waals surface area (Å²) in [7, 11) is 3.42. The maximum atomic E-state index is 11.6. The Morgan fingerprint density at radius 1 is 1.20 bits per heavy atom. The number of anilines is 3. The van der Waals surface area contributed by atoms with Crippen LogP contribution in [-0.2, 0) is 11.3 Å². The zero-order valence-electron chi connectivity index (χ0n) is 11.5. The number of carbonyl (C=O) groups is 1. The van der Waals surface area contributed by atoms with Gasteiger partial charge in [0, 0.05) is 19.3 Å². The number of fused-ring (bicyclic) bond motifs is 2. The lowest BCUT2D eigenvalue weighted by Crippen LogP contribution is -2.11. The van der Waals surface area contributed by atoms with E-state index in [1.54, 1.807) is 6.07 Å². The number of methoxy groups -OCH3 is 1. The zero-order valence-corrected chi connectivity index (χ0v) is 11.5. The van der Waals surface area contributed by atoms with Gasteiger partial charge in [-0.3, -0.25) is 0 Å². The fraction of sp³-hybridized carbons (Fsp3) is 0.188. The van der Waals surface area contributed by atoms with Crippen LogP contribution in [0.1, 0.15) is 15.9 Å². The molecule has 102 valence electrons. The van der Waals surface area contributed by atoms with Crippen molar-refractivity contribution in [3.05, 3.63) is 53.6 Å². The summed E-state index contributed by atoms with van der Waals surface area (Å²) < 4.78 is 4.77. The normalized spacial score (nSPS) is 12.8. The summed E-state index contributed by atoms with van der Waals surface area (Å²) in [5, 5.41) is 3.38. The van der Waals surface area contributed by atoms with E-state index in [2.05, 4.69) is 22.3 Å². The highest BCUT2D eigenvalue weighted by molar-refractivity contribution is 5.93. The standard InChI is InChI=1S/C16H16N2O2/c1-18-14-6-4-3-5-12(14)10-17-13-9-11(16(19)20-2)7-8-15(13)18/h3-9,17H,10H2,1-2H3. The third kappa shape index (κ3) is 1.99. The molecule has 1 N–H and O–H groups in total. The zero-order chi connectivity index (χ0) is 14.1. The summed E-state index contributed by atoms with van der Waals surface area (Å²) in [6.45, 7) is 0.734. The van der Waals surface area contributed by atoms with Crippen molar-refractivity contribution in [2.45, 2.75) is 6.54 Å². The van der Waals surface area contributed by atoms with Crippen molar-refractivity contribution in [1.82, 2.24) is 0 Å². The fourth-order valence-corrected chi connectivity index (χ4v) is 2.52. The third-order valence-corrected chi connectivity index (χ3v) is 3.60. The number of esters is 1. The Morgan fingerprint density at radius 3 is 2.80 bits per heavy atom. The minimum atomic E-state index is -0.320. The Kier molecular flexibility index (Phi) is 3.06. The number of nitrogens with one attached hydrogen (secondary N) is 1. The molecule has 0 aliphatic carbocycles. The molecule has 0 aromatic heterocycles. The van der Waals surface area contributed by atoms with Crippen LogP contribution < -0.4 is 10.2 Å². The number of carbonyl (C=O) groups excluding carboxylic acids is 1. The predicted octanol–water partition coefficient (Wildman–Crippen LogP) is 3.17. The SMILES string of the molecule is COC(=O)c1ccc2c(c1)NCc1ccccc1N2C. The first kappa shape index (κ1) is 12.5. The third-order valence-electron chi connectivity index (χ3n) is 3.60. The molecular formula is C16H16N2O2. The van der Waals surface area contributed by atoms with Gasteiger partial charge in [0.05, 0.1) is 24.0 Å². The smallest absolute Gasteiger partial charge is 0.337 e. The van der Waals surface area contributed by atoms with Gasteiger partial charge in [0.1, 0.15) is 0 Å². The van der Waals surface area contributed by atoms with Crippen LogP contribution in [0.25, 0.3) is 0 Å². The van der Waals surface area contributed by atoms with E-state index in [1.165, 1.54) is 18.4 Å². The molecular weight excluding hydrogens is 252 g/mol. The van der Waals surface area contributed by atoms with Gasteiger partial charge in [0.2, 0.25) is 0 Å². The van der Waals surface area contributed by atoms with Crippen molar-refractivity contribution in [2.24, 2.45) is 0 Å². The van der Waals surface area contributed by atoms with Gasteiger partial charge in [0.15, 0.2) is 0 Å². The van der Waals surface area contributed by atoms with E-state index in [0.717, 1.165) is 17.9 Å². The van der Waals surface area contributed by atoms with Crippen molar-refractivity contribution in [2.75, 3.05) is 24.4 Å². The maximum Gasteiger partial charge on any atom is 0.337 e. The molecule has 0 bridgehead atoms. The van der Waals surface area contributed by atoms with Gasteiger partial charge in [-0.2, -0.15) is 0 Å². The second-order valence-electron chi connectivity index (χ2n) is 4.76. The molecule has 0 spiro atoms. The quantitative estimate of drug-likeness (QED) is 0.807. The van der Waals surface area contributed by atoms with E-state index < -0.39 is 0 Å². The average molecular weight is 268 g/mol. The topological polar surface area (TPSA) is 41.6 Å². The fourth-order valence-electron chi connectivity index (χ4n) is 2.52. The van der Waals surface area contributed by atoms with Crippen LogP contribution in [0.15, 0.2) is 42.5 Å². The summed E-state index contributed by atoms with van der Waals surface area (Å²) in [5.41, 5.74) is 4.93. The first-order chi connectivity index (χ1) is 9.70. The van der Waals surface area contributed by atoms with Crippen LogP contribution in [0.5, 0.6) is 0 Å². The Hall–Kier alpha value is -2.49. The Labute approximate surface area is 118 Å². The number of hydrogen-bond acceptors (Lipinski definition) is 4. The van der Waals surface area contributed by atoms with Crippen LogP contribution >= 0.6 is 0 Å².